The zero-order valence-corrected chi connectivity index (χ0v) is 17.3. The lowest BCUT2D eigenvalue weighted by molar-refractivity contribution is 0.589. The van der Waals surface area contributed by atoms with Gasteiger partial charge in [-0.2, -0.15) is 0 Å². The van der Waals surface area contributed by atoms with E-state index in [1.165, 1.54) is 16.7 Å². The normalized spacial score (nSPS) is 12.6. The predicted molar refractivity (Wildman–Crippen MR) is 112 cm³/mol. The first-order valence-electron chi connectivity index (χ1n) is 8.11. The Bertz CT molecular complexity index is 717. The zero-order valence-electron chi connectivity index (χ0n) is 14.9. The van der Waals surface area contributed by atoms with Crippen molar-refractivity contribution in [3.8, 4) is 0 Å². The second-order valence-electron chi connectivity index (χ2n) is 7.16. The summed E-state index contributed by atoms with van der Waals surface area (Å²) in [6, 6.07) is 15.0. The number of nitrogens with one attached hydrogen (secondary N) is 2. The van der Waals surface area contributed by atoms with E-state index in [0.29, 0.717) is 5.11 Å². The van der Waals surface area contributed by atoms with Crippen LogP contribution in [-0.4, -0.2) is 5.11 Å². The fourth-order valence-corrected chi connectivity index (χ4v) is 2.98. The topological polar surface area (TPSA) is 24.1 Å². The Morgan fingerprint density at radius 2 is 1.71 bits per heavy atom. The molecule has 0 aromatic heterocycles. The van der Waals surface area contributed by atoms with Crippen LogP contribution in [-0.2, 0) is 5.41 Å². The standard InChI is InChI=1S/C20H25BrN2S/c1-13-12-17(10-11-18(13)21)23-19(24)22-14(2)15-6-8-16(9-7-15)20(3,4)5/h6-12,14H,1-5H3,(H2,22,23,24)/t14-/m1/s1. The van der Waals surface area contributed by atoms with Crippen molar-refractivity contribution in [3.05, 3.63) is 63.6 Å². The van der Waals surface area contributed by atoms with Crippen molar-refractivity contribution in [1.29, 1.82) is 0 Å². The average Bonchev–Trinajstić information content (AvgIpc) is 2.50. The molecule has 0 heterocycles. The van der Waals surface area contributed by atoms with Crippen molar-refractivity contribution in [2.75, 3.05) is 5.32 Å². The molecule has 2 aromatic rings. The van der Waals surface area contributed by atoms with Gasteiger partial charge in [-0.1, -0.05) is 61.0 Å². The van der Waals surface area contributed by atoms with Gasteiger partial charge in [0.25, 0.3) is 0 Å². The Kier molecular flexibility index (Phi) is 6.05. The molecule has 0 amide bonds. The third-order valence-corrected chi connectivity index (χ3v) is 5.15. The molecule has 0 fully saturated rings. The molecule has 0 bridgehead atoms. The largest absolute Gasteiger partial charge is 0.356 e. The van der Waals surface area contributed by atoms with E-state index < -0.39 is 0 Å². The SMILES string of the molecule is Cc1cc(NC(=S)N[C@H](C)c2ccc(C(C)(C)C)cc2)ccc1Br. The number of hydrogen-bond acceptors (Lipinski definition) is 1. The Morgan fingerprint density at radius 1 is 1.08 bits per heavy atom. The number of hydrogen-bond donors (Lipinski definition) is 2. The van der Waals surface area contributed by atoms with Crippen molar-refractivity contribution in [3.63, 3.8) is 0 Å². The first-order chi connectivity index (χ1) is 11.2. The van der Waals surface area contributed by atoms with Crippen LogP contribution in [0, 0.1) is 6.92 Å². The summed E-state index contributed by atoms with van der Waals surface area (Å²) >= 11 is 8.95. The van der Waals surface area contributed by atoms with E-state index in [4.69, 9.17) is 12.2 Å². The minimum Gasteiger partial charge on any atom is -0.356 e. The number of benzene rings is 2. The highest BCUT2D eigenvalue weighted by atomic mass is 79.9. The monoisotopic (exact) mass is 404 g/mol. The number of aryl methyl sites for hydroxylation is 1. The summed E-state index contributed by atoms with van der Waals surface area (Å²) in [4.78, 5) is 0. The minimum atomic E-state index is 0.149. The Labute approximate surface area is 159 Å². The first kappa shape index (κ1) is 18.9. The van der Waals surface area contributed by atoms with E-state index in [1.54, 1.807) is 0 Å². The van der Waals surface area contributed by atoms with Crippen LogP contribution in [0.15, 0.2) is 46.9 Å². The minimum absolute atomic E-state index is 0.149. The Hall–Kier alpha value is -1.39. The Balaban J connectivity index is 1.99. The van der Waals surface area contributed by atoms with Crippen molar-refractivity contribution in [2.45, 2.75) is 46.1 Å². The smallest absolute Gasteiger partial charge is 0.171 e. The van der Waals surface area contributed by atoms with Crippen LogP contribution >= 0.6 is 28.1 Å². The second kappa shape index (κ2) is 7.66. The lowest BCUT2D eigenvalue weighted by Gasteiger charge is -2.21. The first-order valence-corrected chi connectivity index (χ1v) is 9.31. The fourth-order valence-electron chi connectivity index (χ4n) is 2.44. The molecule has 0 radical (unpaired) electrons. The van der Waals surface area contributed by atoms with Crippen molar-refractivity contribution < 1.29 is 0 Å². The van der Waals surface area contributed by atoms with E-state index in [1.807, 2.05) is 12.1 Å². The van der Waals surface area contributed by atoms with E-state index in [-0.39, 0.29) is 11.5 Å². The zero-order chi connectivity index (χ0) is 17.9. The van der Waals surface area contributed by atoms with Crippen molar-refractivity contribution in [1.82, 2.24) is 5.32 Å². The summed E-state index contributed by atoms with van der Waals surface area (Å²) in [6.07, 6.45) is 0. The quantitative estimate of drug-likeness (QED) is 0.603. The van der Waals surface area contributed by atoms with Crippen LogP contribution < -0.4 is 10.6 Å². The highest BCUT2D eigenvalue weighted by Crippen LogP contribution is 2.24. The van der Waals surface area contributed by atoms with Gasteiger partial charge >= 0.3 is 0 Å². The van der Waals surface area contributed by atoms with Crippen molar-refractivity contribution in [2.24, 2.45) is 0 Å². The van der Waals surface area contributed by atoms with Gasteiger partial charge in [-0.25, -0.2) is 0 Å². The number of thiocarbonyl (C=S) groups is 1. The van der Waals surface area contributed by atoms with Crippen LogP contribution in [0.25, 0.3) is 0 Å². The average molecular weight is 405 g/mol. The molecule has 0 saturated carbocycles. The molecule has 0 unspecified atom stereocenters. The molecule has 4 heteroatoms. The lowest BCUT2D eigenvalue weighted by atomic mass is 9.86. The predicted octanol–water partition coefficient (Wildman–Crippen LogP) is 6.10. The summed E-state index contributed by atoms with van der Waals surface area (Å²) in [7, 11) is 0. The van der Waals surface area contributed by atoms with Crippen LogP contribution in [0.3, 0.4) is 0 Å². The molecule has 0 aliphatic rings. The molecule has 0 aliphatic carbocycles. The Morgan fingerprint density at radius 3 is 2.25 bits per heavy atom. The number of anilines is 1. The van der Waals surface area contributed by atoms with Gasteiger partial charge in [0, 0.05) is 10.2 Å². The molecule has 2 rings (SSSR count). The lowest BCUT2D eigenvalue weighted by Crippen LogP contribution is -2.31. The summed E-state index contributed by atoms with van der Waals surface area (Å²) in [5.41, 5.74) is 4.90. The molecule has 0 aliphatic heterocycles. The molecule has 2 aromatic carbocycles. The van der Waals surface area contributed by atoms with Gasteiger partial charge in [-0.05, 0) is 66.4 Å². The third kappa shape index (κ3) is 5.05. The van der Waals surface area contributed by atoms with Crippen LogP contribution in [0.1, 0.15) is 50.4 Å². The van der Waals surface area contributed by atoms with E-state index in [2.05, 4.69) is 91.5 Å². The summed E-state index contributed by atoms with van der Waals surface area (Å²) in [6.45, 7) is 10.9. The van der Waals surface area contributed by atoms with E-state index >= 15 is 0 Å². The number of rotatable bonds is 3. The molecule has 24 heavy (non-hydrogen) atoms. The second-order valence-corrected chi connectivity index (χ2v) is 8.42. The molecule has 0 saturated heterocycles. The van der Waals surface area contributed by atoms with Gasteiger partial charge in [0.05, 0.1) is 6.04 Å². The third-order valence-electron chi connectivity index (χ3n) is 4.04. The molecular formula is C20H25BrN2S. The van der Waals surface area contributed by atoms with Gasteiger partial charge in [-0.15, -0.1) is 0 Å². The fraction of sp³-hybridized carbons (Fsp3) is 0.350. The summed E-state index contributed by atoms with van der Waals surface area (Å²) < 4.78 is 1.10. The maximum Gasteiger partial charge on any atom is 0.171 e. The van der Waals surface area contributed by atoms with Gasteiger partial charge in [0.2, 0.25) is 0 Å². The summed E-state index contributed by atoms with van der Waals surface area (Å²) in [5, 5.41) is 7.22. The molecule has 128 valence electrons. The maximum absolute atomic E-state index is 5.44. The van der Waals surface area contributed by atoms with Gasteiger partial charge < -0.3 is 10.6 Å². The van der Waals surface area contributed by atoms with Crippen LogP contribution in [0.5, 0.6) is 0 Å². The molecular weight excluding hydrogens is 380 g/mol. The van der Waals surface area contributed by atoms with Gasteiger partial charge in [0.15, 0.2) is 5.11 Å². The van der Waals surface area contributed by atoms with E-state index in [9.17, 15) is 0 Å². The highest BCUT2D eigenvalue weighted by Gasteiger charge is 2.14. The van der Waals surface area contributed by atoms with Crippen molar-refractivity contribution >= 4 is 38.9 Å². The summed E-state index contributed by atoms with van der Waals surface area (Å²) in [5.74, 6) is 0. The van der Waals surface area contributed by atoms with Gasteiger partial charge in [0.1, 0.15) is 0 Å². The highest BCUT2D eigenvalue weighted by molar-refractivity contribution is 9.10. The maximum atomic E-state index is 5.44. The molecule has 2 nitrogen and oxygen atoms in total. The van der Waals surface area contributed by atoms with E-state index in [0.717, 1.165) is 10.2 Å². The van der Waals surface area contributed by atoms with Crippen LogP contribution in [0.4, 0.5) is 5.69 Å². The van der Waals surface area contributed by atoms with Gasteiger partial charge in [-0.3, -0.25) is 0 Å². The molecule has 2 N–H and O–H groups in total. The van der Waals surface area contributed by atoms with Crippen LogP contribution in [0.2, 0.25) is 0 Å². The molecule has 0 spiro atoms. The molecule has 1 atom stereocenters. The number of halogens is 1.